The van der Waals surface area contributed by atoms with E-state index in [1.807, 2.05) is 0 Å². The second kappa shape index (κ2) is 7.99. The van der Waals surface area contributed by atoms with E-state index in [9.17, 15) is 19.2 Å². The molecular weight excluding hydrogens is 242 g/mol. The van der Waals surface area contributed by atoms with Gasteiger partial charge in [-0.25, -0.2) is 9.59 Å². The Kier molecular flexibility index (Phi) is 7.02. The van der Waals surface area contributed by atoms with Gasteiger partial charge in [-0.2, -0.15) is 0 Å². The van der Waals surface area contributed by atoms with E-state index in [0.29, 0.717) is 25.2 Å². The maximum Gasteiger partial charge on any atom is 0.331 e. The first-order chi connectivity index (χ1) is 8.42. The quantitative estimate of drug-likeness (QED) is 0.378. The summed E-state index contributed by atoms with van der Waals surface area (Å²) in [6, 6.07) is 0. The minimum Gasteiger partial charge on any atom is -0.478 e. The molecule has 0 aromatic carbocycles. The first-order valence-electron chi connectivity index (χ1n) is 5.32. The first-order valence-corrected chi connectivity index (χ1v) is 5.32. The van der Waals surface area contributed by atoms with Crippen LogP contribution in [-0.4, -0.2) is 53.3 Å². The van der Waals surface area contributed by atoms with Gasteiger partial charge in [-0.15, -0.1) is 0 Å². The number of hydrogen-bond donors (Lipinski definition) is 1. The fourth-order valence-corrected chi connectivity index (χ4v) is 1.07. The first kappa shape index (κ1) is 15.8. The number of ketones is 1. The highest BCUT2D eigenvalue weighted by atomic mass is 16.5. The molecule has 0 radical (unpaired) electrons. The molecule has 0 bridgehead atoms. The van der Waals surface area contributed by atoms with E-state index in [1.54, 1.807) is 13.8 Å². The molecule has 0 fully saturated rings. The van der Waals surface area contributed by atoms with Gasteiger partial charge < -0.3 is 14.7 Å². The van der Waals surface area contributed by atoms with Gasteiger partial charge in [-0.05, 0) is 13.8 Å². The number of carboxylic acids is 1. The SMILES string of the molecule is CCN(CC)C(=O)C(=O)COC(=O)/C=C/C(=O)O. The Morgan fingerprint density at radius 3 is 2.11 bits per heavy atom. The van der Waals surface area contributed by atoms with Crippen molar-refractivity contribution in [2.45, 2.75) is 13.8 Å². The van der Waals surface area contributed by atoms with Crippen LogP contribution in [0.3, 0.4) is 0 Å². The molecule has 1 amide bonds. The lowest BCUT2D eigenvalue weighted by Gasteiger charge is -2.16. The number of amides is 1. The second-order valence-corrected chi connectivity index (χ2v) is 3.18. The number of aliphatic carboxylic acids is 1. The number of Topliss-reactive ketones (excluding diaryl/α,β-unsaturated/α-hetero) is 1. The normalized spacial score (nSPS) is 10.1. The van der Waals surface area contributed by atoms with Gasteiger partial charge in [0.25, 0.3) is 11.7 Å². The number of ether oxygens (including phenoxy) is 1. The predicted octanol–water partition coefficient (Wildman–Crippen LogP) is -0.392. The minimum absolute atomic E-state index is 0.383. The van der Waals surface area contributed by atoms with Crippen LogP contribution in [-0.2, 0) is 23.9 Å². The van der Waals surface area contributed by atoms with E-state index >= 15 is 0 Å². The Balaban J connectivity index is 4.22. The Morgan fingerprint density at radius 1 is 1.11 bits per heavy atom. The number of carboxylic acid groups (broad SMARTS) is 1. The molecule has 0 saturated carbocycles. The van der Waals surface area contributed by atoms with Crippen molar-refractivity contribution in [1.82, 2.24) is 4.90 Å². The smallest absolute Gasteiger partial charge is 0.331 e. The summed E-state index contributed by atoms with van der Waals surface area (Å²) in [5, 5.41) is 8.24. The van der Waals surface area contributed by atoms with E-state index in [2.05, 4.69) is 4.74 Å². The zero-order valence-corrected chi connectivity index (χ0v) is 10.2. The summed E-state index contributed by atoms with van der Waals surface area (Å²) in [6.07, 6.45) is 1.25. The van der Waals surface area contributed by atoms with Gasteiger partial charge in [-0.3, -0.25) is 9.59 Å². The van der Waals surface area contributed by atoms with E-state index in [1.165, 1.54) is 4.90 Å². The van der Waals surface area contributed by atoms with Crippen LogP contribution in [0.1, 0.15) is 13.8 Å². The zero-order valence-electron chi connectivity index (χ0n) is 10.2. The molecule has 18 heavy (non-hydrogen) atoms. The van der Waals surface area contributed by atoms with Gasteiger partial charge in [0.2, 0.25) is 0 Å². The van der Waals surface area contributed by atoms with Crippen LogP contribution in [0.25, 0.3) is 0 Å². The van der Waals surface area contributed by atoms with Gasteiger partial charge in [0.1, 0.15) is 0 Å². The zero-order chi connectivity index (χ0) is 14.1. The Labute approximate surface area is 104 Å². The molecule has 100 valence electrons. The van der Waals surface area contributed by atoms with E-state index < -0.39 is 30.2 Å². The van der Waals surface area contributed by atoms with Gasteiger partial charge in [0.05, 0.1) is 0 Å². The van der Waals surface area contributed by atoms with Crippen LogP contribution in [0, 0.1) is 0 Å². The van der Waals surface area contributed by atoms with E-state index in [0.717, 1.165) is 0 Å². The molecule has 7 heteroatoms. The molecule has 0 atom stereocenters. The molecule has 0 rings (SSSR count). The van der Waals surface area contributed by atoms with Crippen molar-refractivity contribution < 1.29 is 29.0 Å². The number of carbonyl (C=O) groups is 4. The number of rotatable bonds is 7. The summed E-state index contributed by atoms with van der Waals surface area (Å²) in [5.74, 6) is -3.87. The lowest BCUT2D eigenvalue weighted by Crippen LogP contribution is -2.38. The number of likely N-dealkylation sites (N-methyl/N-ethyl adjacent to an activating group) is 1. The standard InChI is InChI=1S/C11H15NO6/c1-3-12(4-2)11(17)8(13)7-18-10(16)6-5-9(14)15/h5-6H,3-4,7H2,1-2H3,(H,14,15)/b6-5+. The average Bonchev–Trinajstić information content (AvgIpc) is 2.34. The highest BCUT2D eigenvalue weighted by Crippen LogP contribution is 1.92. The number of nitrogens with zero attached hydrogens (tertiary/aromatic N) is 1. The average molecular weight is 257 g/mol. The summed E-state index contributed by atoms with van der Waals surface area (Å²) in [5.41, 5.74) is 0. The Hall–Kier alpha value is -2.18. The third-order valence-electron chi connectivity index (χ3n) is 2.00. The van der Waals surface area contributed by atoms with Crippen molar-refractivity contribution in [3.05, 3.63) is 12.2 Å². The molecule has 0 unspecified atom stereocenters. The van der Waals surface area contributed by atoms with Crippen molar-refractivity contribution in [2.24, 2.45) is 0 Å². The highest BCUT2D eigenvalue weighted by molar-refractivity contribution is 6.36. The molecule has 0 aliphatic carbocycles. The van der Waals surface area contributed by atoms with Crippen molar-refractivity contribution in [3.8, 4) is 0 Å². The lowest BCUT2D eigenvalue weighted by molar-refractivity contribution is -0.151. The summed E-state index contributed by atoms with van der Waals surface area (Å²) in [4.78, 5) is 45.1. The molecule has 0 saturated heterocycles. The summed E-state index contributed by atoms with van der Waals surface area (Å²) in [6.45, 7) is 3.51. The fraction of sp³-hybridized carbons (Fsp3) is 0.455. The highest BCUT2D eigenvalue weighted by Gasteiger charge is 2.20. The fourth-order valence-electron chi connectivity index (χ4n) is 1.07. The third-order valence-corrected chi connectivity index (χ3v) is 2.00. The summed E-state index contributed by atoms with van der Waals surface area (Å²) < 4.78 is 4.43. The predicted molar refractivity (Wildman–Crippen MR) is 60.7 cm³/mol. The molecular formula is C11H15NO6. The molecule has 0 spiro atoms. The van der Waals surface area contributed by atoms with Crippen molar-refractivity contribution in [2.75, 3.05) is 19.7 Å². The third kappa shape index (κ3) is 5.78. The molecule has 0 aromatic heterocycles. The minimum atomic E-state index is -1.31. The van der Waals surface area contributed by atoms with Crippen molar-refractivity contribution in [3.63, 3.8) is 0 Å². The van der Waals surface area contributed by atoms with Gasteiger partial charge in [0, 0.05) is 25.2 Å². The largest absolute Gasteiger partial charge is 0.478 e. The summed E-state index contributed by atoms with van der Waals surface area (Å²) >= 11 is 0. The van der Waals surface area contributed by atoms with Crippen LogP contribution >= 0.6 is 0 Å². The second-order valence-electron chi connectivity index (χ2n) is 3.18. The number of hydrogen-bond acceptors (Lipinski definition) is 5. The maximum absolute atomic E-state index is 11.5. The van der Waals surface area contributed by atoms with E-state index in [4.69, 9.17) is 5.11 Å². The number of esters is 1. The topological polar surface area (TPSA) is 101 Å². The van der Waals surface area contributed by atoms with Crippen molar-refractivity contribution >= 4 is 23.6 Å². The number of carbonyl (C=O) groups excluding carboxylic acids is 3. The van der Waals surface area contributed by atoms with Gasteiger partial charge in [-0.1, -0.05) is 0 Å². The molecule has 7 nitrogen and oxygen atoms in total. The van der Waals surface area contributed by atoms with E-state index in [-0.39, 0.29) is 0 Å². The molecule has 0 aliphatic rings. The lowest BCUT2D eigenvalue weighted by atomic mass is 10.3. The molecule has 0 aliphatic heterocycles. The van der Waals surface area contributed by atoms with Crippen LogP contribution < -0.4 is 0 Å². The van der Waals surface area contributed by atoms with Gasteiger partial charge in [0.15, 0.2) is 6.61 Å². The monoisotopic (exact) mass is 257 g/mol. The van der Waals surface area contributed by atoms with Crippen LogP contribution in [0.4, 0.5) is 0 Å². The molecule has 0 aromatic rings. The van der Waals surface area contributed by atoms with Crippen LogP contribution in [0.15, 0.2) is 12.2 Å². The molecule has 1 N–H and O–H groups in total. The summed E-state index contributed by atoms with van der Waals surface area (Å²) in [7, 11) is 0. The Morgan fingerprint density at radius 2 is 1.67 bits per heavy atom. The van der Waals surface area contributed by atoms with Crippen LogP contribution in [0.2, 0.25) is 0 Å². The molecule has 0 heterocycles. The Bertz CT molecular complexity index is 370. The van der Waals surface area contributed by atoms with Crippen LogP contribution in [0.5, 0.6) is 0 Å². The maximum atomic E-state index is 11.5. The van der Waals surface area contributed by atoms with Gasteiger partial charge >= 0.3 is 11.9 Å². The van der Waals surface area contributed by atoms with Crippen molar-refractivity contribution in [1.29, 1.82) is 0 Å².